The molecule has 0 N–H and O–H groups in total. The summed E-state index contributed by atoms with van der Waals surface area (Å²) < 4.78 is 1.34. The van der Waals surface area contributed by atoms with E-state index in [1.165, 1.54) is 12.4 Å². The summed E-state index contributed by atoms with van der Waals surface area (Å²) in [7, 11) is 0. The summed E-state index contributed by atoms with van der Waals surface area (Å²) in [5, 5.41) is 11.1. The summed E-state index contributed by atoms with van der Waals surface area (Å²) in [5.41, 5.74) is 0.769. The van der Waals surface area contributed by atoms with Gasteiger partial charge in [0, 0.05) is 17.0 Å². The van der Waals surface area contributed by atoms with Crippen molar-refractivity contribution in [1.82, 2.24) is 4.73 Å². The highest BCUT2D eigenvalue weighted by molar-refractivity contribution is 5.52. The first-order chi connectivity index (χ1) is 5.79. The molecule has 0 radical (unpaired) electrons. The lowest BCUT2D eigenvalue weighted by Crippen LogP contribution is -2.18. The van der Waals surface area contributed by atoms with Gasteiger partial charge < -0.3 is 9.94 Å². The third-order valence-electron chi connectivity index (χ3n) is 1.69. The fourth-order valence-corrected chi connectivity index (χ4v) is 1.13. The number of nitrogens with zero attached hydrogens (tertiary/aromatic N) is 2. The predicted molar refractivity (Wildman–Crippen MR) is 43.2 cm³/mol. The van der Waals surface area contributed by atoms with Crippen LogP contribution in [-0.2, 0) is 0 Å². The maximum absolute atomic E-state index is 11.1. The van der Waals surface area contributed by atoms with E-state index in [4.69, 9.17) is 0 Å². The minimum Gasteiger partial charge on any atom is -0.805 e. The third-order valence-corrected chi connectivity index (χ3v) is 1.69. The van der Waals surface area contributed by atoms with Crippen LogP contribution in [-0.4, -0.2) is 4.73 Å². The lowest BCUT2D eigenvalue weighted by molar-refractivity contribution is -0.482. The second kappa shape index (κ2) is 2.34. The standard InChI is InChI=1S/C8H6N2O2/c11-9-5-1-3-7-8(9)4-2-6-10(7)12/h1-6H. The molecule has 2 aliphatic rings. The molecule has 4 nitrogen and oxygen atoms in total. The zero-order valence-electron chi connectivity index (χ0n) is 6.18. The SMILES string of the molecule is O=[n+]1cccc2n([O-])cccc1-2. The lowest BCUT2D eigenvalue weighted by atomic mass is 10.2. The molecule has 4 heteroatoms. The van der Waals surface area contributed by atoms with Crippen molar-refractivity contribution < 1.29 is 4.43 Å². The number of aromatic nitrogens is 2. The maximum atomic E-state index is 11.1. The van der Waals surface area contributed by atoms with Crippen LogP contribution in [0.3, 0.4) is 0 Å². The molecule has 0 saturated carbocycles. The average Bonchev–Trinajstić information content (AvgIpc) is 2.07. The van der Waals surface area contributed by atoms with E-state index >= 15 is 0 Å². The smallest absolute Gasteiger partial charge is 0.285 e. The Morgan fingerprint density at radius 3 is 2.92 bits per heavy atom. The zero-order valence-corrected chi connectivity index (χ0v) is 6.18. The van der Waals surface area contributed by atoms with Crippen molar-refractivity contribution in [2.45, 2.75) is 0 Å². The van der Waals surface area contributed by atoms with Crippen LogP contribution in [0.25, 0.3) is 11.4 Å². The first kappa shape index (κ1) is 6.84. The van der Waals surface area contributed by atoms with Crippen LogP contribution in [0.5, 0.6) is 0 Å². The van der Waals surface area contributed by atoms with Crippen LogP contribution in [0.15, 0.2) is 36.7 Å². The van der Waals surface area contributed by atoms with E-state index in [-0.39, 0.29) is 0 Å². The van der Waals surface area contributed by atoms with E-state index in [1.807, 2.05) is 0 Å². The molecule has 2 rings (SSSR count). The Balaban J connectivity index is 2.91. The number of pyridine rings is 2. The molecule has 12 heavy (non-hydrogen) atoms. The Morgan fingerprint density at radius 2 is 2.17 bits per heavy atom. The topological polar surface area (TPSA) is 51.0 Å². The lowest BCUT2D eigenvalue weighted by Gasteiger charge is -2.13. The fraction of sp³-hybridized carbons (Fsp3) is 0. The van der Waals surface area contributed by atoms with Crippen LogP contribution in [0.2, 0.25) is 0 Å². The molecular formula is C8H6N2O2. The fourth-order valence-electron chi connectivity index (χ4n) is 1.13. The van der Waals surface area contributed by atoms with Gasteiger partial charge in [-0.1, -0.05) is 0 Å². The molecule has 0 bridgehead atoms. The molecule has 0 aromatic carbocycles. The van der Waals surface area contributed by atoms with Crippen molar-refractivity contribution in [2.75, 3.05) is 0 Å². The van der Waals surface area contributed by atoms with Crippen molar-refractivity contribution >= 4 is 0 Å². The highest BCUT2D eigenvalue weighted by Crippen LogP contribution is 2.13. The monoisotopic (exact) mass is 162 g/mol. The molecule has 2 aliphatic heterocycles. The molecule has 60 valence electrons. The van der Waals surface area contributed by atoms with Crippen LogP contribution in [0, 0.1) is 10.1 Å². The van der Waals surface area contributed by atoms with E-state index in [0.29, 0.717) is 20.5 Å². The summed E-state index contributed by atoms with van der Waals surface area (Å²) in [4.78, 5) is 11.1. The van der Waals surface area contributed by atoms with Gasteiger partial charge in [0.2, 0.25) is 6.20 Å². The number of fused-ring (bicyclic) bond motifs is 1. The molecule has 0 atom stereocenters. The minimum atomic E-state index is 0.384. The quantitative estimate of drug-likeness (QED) is 0.539. The van der Waals surface area contributed by atoms with Gasteiger partial charge in [0.1, 0.15) is 5.69 Å². The zero-order chi connectivity index (χ0) is 8.55. The summed E-state index contributed by atoms with van der Waals surface area (Å²) in [5.74, 6) is 0. The van der Waals surface area contributed by atoms with Crippen molar-refractivity contribution in [2.24, 2.45) is 0 Å². The molecule has 0 aliphatic carbocycles. The number of hydrogen-bond donors (Lipinski definition) is 0. The first-order valence-electron chi connectivity index (χ1n) is 3.49. The molecule has 0 aromatic heterocycles. The van der Waals surface area contributed by atoms with Gasteiger partial charge in [-0.25, -0.2) is 0 Å². The van der Waals surface area contributed by atoms with Gasteiger partial charge in [-0.3, -0.25) is 0 Å². The molecule has 0 saturated heterocycles. The van der Waals surface area contributed by atoms with Gasteiger partial charge in [0.05, 0.1) is 4.43 Å². The van der Waals surface area contributed by atoms with Crippen LogP contribution in [0.4, 0.5) is 0 Å². The summed E-state index contributed by atoms with van der Waals surface area (Å²) >= 11 is 0. The van der Waals surface area contributed by atoms with E-state index < -0.39 is 0 Å². The molecule has 2 heterocycles. The minimum absolute atomic E-state index is 0.384. The molecular weight excluding hydrogens is 156 g/mol. The number of rotatable bonds is 0. The second-order valence-corrected chi connectivity index (χ2v) is 2.44. The molecule has 0 unspecified atom stereocenters. The highest BCUT2D eigenvalue weighted by Gasteiger charge is 2.11. The first-order valence-corrected chi connectivity index (χ1v) is 3.49. The van der Waals surface area contributed by atoms with Crippen molar-refractivity contribution in [3.63, 3.8) is 0 Å². The summed E-state index contributed by atoms with van der Waals surface area (Å²) in [6.45, 7) is 0. The Labute approximate surface area is 68.2 Å². The van der Waals surface area contributed by atoms with Crippen molar-refractivity contribution in [3.8, 4) is 11.4 Å². The highest BCUT2D eigenvalue weighted by atomic mass is 16.5. The van der Waals surface area contributed by atoms with E-state index in [9.17, 15) is 10.1 Å². The van der Waals surface area contributed by atoms with Gasteiger partial charge in [0.25, 0.3) is 5.69 Å². The summed E-state index contributed by atoms with van der Waals surface area (Å²) in [6, 6.07) is 6.31. The van der Waals surface area contributed by atoms with Gasteiger partial charge in [-0.05, 0) is 18.3 Å². The summed E-state index contributed by atoms with van der Waals surface area (Å²) in [6.07, 6.45) is 2.73. The van der Waals surface area contributed by atoms with Crippen LogP contribution >= 0.6 is 0 Å². The third kappa shape index (κ3) is 0.852. The molecule has 0 fully saturated rings. The Bertz CT molecular complexity index is 436. The molecule has 0 spiro atoms. The maximum Gasteiger partial charge on any atom is 0.285 e. The Hall–Kier alpha value is -1.84. The Kier molecular flexibility index (Phi) is 1.33. The van der Waals surface area contributed by atoms with E-state index in [2.05, 4.69) is 0 Å². The van der Waals surface area contributed by atoms with Gasteiger partial charge in [-0.15, -0.1) is 0 Å². The Morgan fingerprint density at radius 1 is 1.33 bits per heavy atom. The van der Waals surface area contributed by atoms with E-state index in [0.717, 1.165) is 0 Å². The predicted octanol–water partition coefficient (Wildman–Crippen LogP) is 0.853. The van der Waals surface area contributed by atoms with Crippen LogP contribution in [0.1, 0.15) is 0 Å². The number of hydrogen-bond acceptors (Lipinski definition) is 2. The molecule has 0 aromatic rings. The second-order valence-electron chi connectivity index (χ2n) is 2.44. The van der Waals surface area contributed by atoms with Crippen LogP contribution < -0.4 is 4.43 Å². The van der Waals surface area contributed by atoms with Gasteiger partial charge in [-0.2, -0.15) is 0 Å². The van der Waals surface area contributed by atoms with E-state index in [1.54, 1.807) is 24.3 Å². The largest absolute Gasteiger partial charge is 0.805 e. The van der Waals surface area contributed by atoms with Crippen molar-refractivity contribution in [1.29, 1.82) is 0 Å². The van der Waals surface area contributed by atoms with Crippen molar-refractivity contribution in [3.05, 3.63) is 46.8 Å². The molecule has 0 amide bonds. The average molecular weight is 162 g/mol. The normalized spacial score (nSPS) is 10.3. The van der Waals surface area contributed by atoms with Gasteiger partial charge >= 0.3 is 0 Å². The van der Waals surface area contributed by atoms with Gasteiger partial charge in [0.15, 0.2) is 0 Å².